The molecule has 3 fully saturated rings. The normalized spacial score (nSPS) is 37.3. The molecular formula is C28H48O5. The molecule has 33 heavy (non-hydrogen) atoms. The van der Waals surface area contributed by atoms with Gasteiger partial charge in [0, 0.05) is 0 Å². The maximum Gasteiger partial charge on any atom is 0.110 e. The van der Waals surface area contributed by atoms with Gasteiger partial charge >= 0.3 is 0 Å². The van der Waals surface area contributed by atoms with Crippen LogP contribution in [0.4, 0.5) is 0 Å². The summed E-state index contributed by atoms with van der Waals surface area (Å²) in [6, 6.07) is 0. The number of hydrogen-bond donors (Lipinski definition) is 4. The van der Waals surface area contributed by atoms with E-state index in [1.165, 1.54) is 32.1 Å². The second kappa shape index (κ2) is 11.3. The second-order valence-electron chi connectivity index (χ2n) is 11.9. The fourth-order valence-electron chi connectivity index (χ4n) is 7.15. The van der Waals surface area contributed by atoms with Gasteiger partial charge in [0.1, 0.15) is 6.10 Å². The number of aliphatic hydroxyl groups excluding tert-OH is 3. The predicted octanol–water partition coefficient (Wildman–Crippen LogP) is 4.53. The molecule has 3 saturated carbocycles. The van der Waals surface area contributed by atoms with Crippen LogP contribution < -0.4 is 0 Å². The summed E-state index contributed by atoms with van der Waals surface area (Å²) in [5, 5.41) is 39.9. The predicted molar refractivity (Wildman–Crippen MR) is 132 cm³/mol. The largest absolute Gasteiger partial charge is 0.394 e. The molecule has 0 amide bonds. The fraction of sp³-hybridized carbons (Fsp3) is 0.857. The lowest BCUT2D eigenvalue weighted by Crippen LogP contribution is -2.44. The van der Waals surface area contributed by atoms with Crippen molar-refractivity contribution in [3.05, 3.63) is 23.3 Å². The third-order valence-electron chi connectivity index (χ3n) is 8.81. The van der Waals surface area contributed by atoms with E-state index in [1.807, 2.05) is 13.8 Å². The minimum absolute atomic E-state index is 0.107. The van der Waals surface area contributed by atoms with Crippen LogP contribution in [0, 0.1) is 23.2 Å². The Balaban J connectivity index is 1.64. The summed E-state index contributed by atoms with van der Waals surface area (Å²) in [7, 11) is 0. The van der Waals surface area contributed by atoms with Gasteiger partial charge in [-0.2, -0.15) is 0 Å². The average molecular weight is 465 g/mol. The highest BCUT2D eigenvalue weighted by atomic mass is 16.5. The first-order valence-corrected chi connectivity index (χ1v) is 13.2. The zero-order valence-electron chi connectivity index (χ0n) is 21.3. The van der Waals surface area contributed by atoms with Gasteiger partial charge in [-0.3, -0.25) is 0 Å². The van der Waals surface area contributed by atoms with Gasteiger partial charge in [-0.15, -0.1) is 0 Å². The van der Waals surface area contributed by atoms with Crippen molar-refractivity contribution in [2.45, 2.75) is 116 Å². The van der Waals surface area contributed by atoms with Gasteiger partial charge < -0.3 is 25.2 Å². The molecule has 5 heteroatoms. The van der Waals surface area contributed by atoms with E-state index in [0.29, 0.717) is 30.1 Å². The molecule has 3 aliphatic rings. The lowest BCUT2D eigenvalue weighted by Gasteiger charge is -2.44. The summed E-state index contributed by atoms with van der Waals surface area (Å²) in [6.07, 6.45) is 12.8. The van der Waals surface area contributed by atoms with Crippen LogP contribution in [0.3, 0.4) is 0 Å². The summed E-state index contributed by atoms with van der Waals surface area (Å²) >= 11 is 0. The molecule has 0 heterocycles. The molecule has 3 rings (SSSR count). The number of rotatable bonds is 9. The summed E-state index contributed by atoms with van der Waals surface area (Å²) in [4.78, 5) is 0. The summed E-state index contributed by atoms with van der Waals surface area (Å²) < 4.78 is 5.44. The Kier molecular flexibility index (Phi) is 9.24. The molecule has 0 aromatic rings. The van der Waals surface area contributed by atoms with Gasteiger partial charge in [-0.25, -0.2) is 0 Å². The molecule has 0 aliphatic heterocycles. The molecule has 5 nitrogen and oxygen atoms in total. The van der Waals surface area contributed by atoms with Crippen molar-refractivity contribution >= 4 is 0 Å². The number of hydrogen-bond acceptors (Lipinski definition) is 5. The molecule has 3 unspecified atom stereocenters. The molecule has 0 bridgehead atoms. The van der Waals surface area contributed by atoms with Crippen molar-refractivity contribution in [1.82, 2.24) is 0 Å². The molecule has 0 spiro atoms. The molecule has 190 valence electrons. The zero-order valence-corrected chi connectivity index (χ0v) is 21.3. The molecule has 0 saturated heterocycles. The molecule has 3 aliphatic carbocycles. The van der Waals surface area contributed by atoms with E-state index in [4.69, 9.17) is 9.84 Å². The lowest BCUT2D eigenvalue weighted by atomic mass is 9.60. The standard InChI is InChI=1S/C28H48O5/c1-19(7-5-13-27(2,3)32)22-11-12-23-21(8-6-14-28(22,23)4)10-9-20-17-24(30)26(25(31)18-20)33-16-15-29/h9-10,19,22-26,29-32H,5-8,11-18H2,1-4H3/b20-9?,21-10+/t19-,22?,23?,24-,25-,26?,28?/m1/s1. The third-order valence-corrected chi connectivity index (χ3v) is 8.81. The smallest absolute Gasteiger partial charge is 0.110 e. The minimum Gasteiger partial charge on any atom is -0.394 e. The van der Waals surface area contributed by atoms with E-state index in [-0.39, 0.29) is 13.2 Å². The van der Waals surface area contributed by atoms with Crippen LogP contribution in [0.5, 0.6) is 0 Å². The van der Waals surface area contributed by atoms with Gasteiger partial charge in [0.2, 0.25) is 0 Å². The van der Waals surface area contributed by atoms with Gasteiger partial charge in [-0.05, 0) is 88.4 Å². The highest BCUT2D eigenvalue weighted by Gasteiger charge is 2.50. The minimum atomic E-state index is -0.734. The quantitative estimate of drug-likeness (QED) is 0.403. The monoisotopic (exact) mass is 464 g/mol. The average Bonchev–Trinajstić information content (AvgIpc) is 3.08. The van der Waals surface area contributed by atoms with Crippen molar-refractivity contribution in [3.63, 3.8) is 0 Å². The summed E-state index contributed by atoms with van der Waals surface area (Å²) in [5.74, 6) is 2.05. The maximum atomic E-state index is 10.4. The molecule has 0 aromatic carbocycles. The number of aliphatic hydroxyl groups is 4. The van der Waals surface area contributed by atoms with Gasteiger partial charge in [0.05, 0.1) is 31.0 Å². The third kappa shape index (κ3) is 6.70. The van der Waals surface area contributed by atoms with Crippen LogP contribution in [0.2, 0.25) is 0 Å². The molecule has 6 atom stereocenters. The van der Waals surface area contributed by atoms with Crippen LogP contribution in [-0.4, -0.2) is 57.6 Å². The molecule has 0 aromatic heterocycles. The Morgan fingerprint density at radius 1 is 1.15 bits per heavy atom. The van der Waals surface area contributed by atoms with Crippen molar-refractivity contribution in [2.75, 3.05) is 13.2 Å². The fourth-order valence-corrected chi connectivity index (χ4v) is 7.15. The first-order valence-electron chi connectivity index (χ1n) is 13.2. The van der Waals surface area contributed by atoms with Crippen molar-refractivity contribution in [1.29, 1.82) is 0 Å². The number of fused-ring (bicyclic) bond motifs is 1. The van der Waals surface area contributed by atoms with Crippen molar-refractivity contribution in [3.8, 4) is 0 Å². The van der Waals surface area contributed by atoms with Crippen LogP contribution in [-0.2, 0) is 4.74 Å². The Morgan fingerprint density at radius 2 is 1.85 bits per heavy atom. The zero-order chi connectivity index (χ0) is 24.2. The van der Waals surface area contributed by atoms with Crippen LogP contribution in [0.25, 0.3) is 0 Å². The summed E-state index contributed by atoms with van der Waals surface area (Å²) in [6.45, 7) is 8.78. The van der Waals surface area contributed by atoms with Crippen molar-refractivity contribution < 1.29 is 25.2 Å². The number of allylic oxidation sites excluding steroid dienone is 3. The SMILES string of the molecule is C[C@H](CCCC(C)(C)O)C1CCC2/C(=C/C=C3C[C@@H](O)C(OCCO)[C@H](O)C3)CCCC21C. The van der Waals surface area contributed by atoms with E-state index in [1.54, 1.807) is 5.57 Å². The maximum absolute atomic E-state index is 10.4. The van der Waals surface area contributed by atoms with E-state index in [2.05, 4.69) is 26.0 Å². The Labute approximate surface area is 200 Å². The highest BCUT2D eigenvalue weighted by molar-refractivity contribution is 5.26. The first-order chi connectivity index (χ1) is 15.5. The van der Waals surface area contributed by atoms with Crippen LogP contribution in [0.15, 0.2) is 23.3 Å². The van der Waals surface area contributed by atoms with Gasteiger partial charge in [0.25, 0.3) is 0 Å². The van der Waals surface area contributed by atoms with E-state index in [0.717, 1.165) is 30.8 Å². The molecular weight excluding hydrogens is 416 g/mol. The van der Waals surface area contributed by atoms with E-state index >= 15 is 0 Å². The summed E-state index contributed by atoms with van der Waals surface area (Å²) in [5.41, 5.74) is 2.41. The highest BCUT2D eigenvalue weighted by Crippen LogP contribution is 2.60. The Hall–Kier alpha value is -0.720. The second-order valence-corrected chi connectivity index (χ2v) is 11.9. The lowest BCUT2D eigenvalue weighted by molar-refractivity contribution is -0.115. The Bertz CT molecular complexity index is 679. The first kappa shape index (κ1) is 26.9. The Morgan fingerprint density at radius 3 is 2.48 bits per heavy atom. The van der Waals surface area contributed by atoms with Gasteiger partial charge in [0.15, 0.2) is 0 Å². The van der Waals surface area contributed by atoms with Gasteiger partial charge in [-0.1, -0.05) is 50.0 Å². The van der Waals surface area contributed by atoms with Crippen LogP contribution in [0.1, 0.15) is 91.9 Å². The van der Waals surface area contributed by atoms with E-state index in [9.17, 15) is 15.3 Å². The van der Waals surface area contributed by atoms with Crippen molar-refractivity contribution in [2.24, 2.45) is 23.2 Å². The topological polar surface area (TPSA) is 90.2 Å². The van der Waals surface area contributed by atoms with E-state index < -0.39 is 23.9 Å². The molecule has 4 N–H and O–H groups in total. The molecule has 0 radical (unpaired) electrons. The van der Waals surface area contributed by atoms with Crippen LogP contribution >= 0.6 is 0 Å². The number of ether oxygens (including phenoxy) is 1.